The molecule has 0 radical (unpaired) electrons. The molecule has 2 fully saturated rings. The number of hydrogen-bond acceptors (Lipinski definition) is 2. The lowest BCUT2D eigenvalue weighted by molar-refractivity contribution is -0.132. The minimum absolute atomic E-state index is 0.166. The molecule has 0 spiro atoms. The van der Waals surface area contributed by atoms with Crippen LogP contribution >= 0.6 is 23.2 Å². The SMILES string of the molecule is O=C([C@H]1C[C@@H]1c1ccccc1)N1CCN(c2ccc(Cl)c(Cl)c2)CC1. The van der Waals surface area contributed by atoms with Crippen molar-refractivity contribution in [1.29, 1.82) is 0 Å². The number of hydrogen-bond donors (Lipinski definition) is 0. The Morgan fingerprint density at radius 1 is 0.920 bits per heavy atom. The zero-order chi connectivity index (χ0) is 17.4. The number of carbonyl (C=O) groups is 1. The average molecular weight is 375 g/mol. The van der Waals surface area contributed by atoms with Crippen LogP contribution in [0.2, 0.25) is 10.0 Å². The minimum Gasteiger partial charge on any atom is -0.368 e. The van der Waals surface area contributed by atoms with Crippen molar-refractivity contribution in [2.45, 2.75) is 12.3 Å². The van der Waals surface area contributed by atoms with E-state index in [1.165, 1.54) is 5.56 Å². The first-order chi connectivity index (χ1) is 12.1. The quantitative estimate of drug-likeness (QED) is 0.792. The fourth-order valence-corrected chi connectivity index (χ4v) is 3.93. The number of carbonyl (C=O) groups excluding carboxylic acids is 1. The van der Waals surface area contributed by atoms with Crippen LogP contribution in [0.5, 0.6) is 0 Å². The fourth-order valence-electron chi connectivity index (χ4n) is 3.64. The first kappa shape index (κ1) is 16.7. The van der Waals surface area contributed by atoms with E-state index in [9.17, 15) is 4.79 Å². The summed E-state index contributed by atoms with van der Waals surface area (Å²) in [5.41, 5.74) is 2.35. The first-order valence-corrected chi connectivity index (χ1v) is 9.43. The van der Waals surface area contributed by atoms with Crippen molar-refractivity contribution >= 4 is 34.8 Å². The zero-order valence-electron chi connectivity index (χ0n) is 13.9. The Kier molecular flexibility index (Phi) is 4.61. The maximum Gasteiger partial charge on any atom is 0.226 e. The van der Waals surface area contributed by atoms with Crippen LogP contribution in [0, 0.1) is 5.92 Å². The van der Waals surface area contributed by atoms with E-state index in [1.807, 2.05) is 41.3 Å². The summed E-state index contributed by atoms with van der Waals surface area (Å²) in [6.07, 6.45) is 0.982. The van der Waals surface area contributed by atoms with Crippen LogP contribution in [0.1, 0.15) is 17.9 Å². The minimum atomic E-state index is 0.166. The lowest BCUT2D eigenvalue weighted by Crippen LogP contribution is -2.49. The highest BCUT2D eigenvalue weighted by atomic mass is 35.5. The van der Waals surface area contributed by atoms with E-state index in [0.29, 0.717) is 21.9 Å². The van der Waals surface area contributed by atoms with Gasteiger partial charge in [0.25, 0.3) is 0 Å². The summed E-state index contributed by atoms with van der Waals surface area (Å²) in [7, 11) is 0. The molecule has 0 N–H and O–H groups in total. The number of anilines is 1. The molecule has 1 amide bonds. The molecule has 2 aromatic carbocycles. The molecular formula is C20H20Cl2N2O. The van der Waals surface area contributed by atoms with Crippen molar-refractivity contribution in [2.75, 3.05) is 31.1 Å². The molecule has 4 rings (SSSR count). The highest BCUT2D eigenvalue weighted by Gasteiger charge is 2.45. The van der Waals surface area contributed by atoms with Gasteiger partial charge in [-0.3, -0.25) is 4.79 Å². The second-order valence-electron chi connectivity index (χ2n) is 6.77. The second-order valence-corrected chi connectivity index (χ2v) is 7.58. The molecule has 0 bridgehead atoms. The molecule has 2 aliphatic rings. The Labute approximate surface area is 158 Å². The van der Waals surface area contributed by atoms with Crippen molar-refractivity contribution in [1.82, 2.24) is 4.90 Å². The molecule has 1 saturated heterocycles. The standard InChI is InChI=1S/C20H20Cl2N2O/c21-18-7-6-15(12-19(18)22)23-8-10-24(11-9-23)20(25)17-13-16(17)14-4-2-1-3-5-14/h1-7,12,16-17H,8-11,13H2/t16-,17+/m1/s1. The number of benzene rings is 2. The molecular weight excluding hydrogens is 355 g/mol. The van der Waals surface area contributed by atoms with Crippen molar-refractivity contribution in [2.24, 2.45) is 5.92 Å². The number of nitrogens with zero attached hydrogens (tertiary/aromatic N) is 2. The summed E-state index contributed by atoms with van der Waals surface area (Å²) in [5.74, 6) is 0.878. The summed E-state index contributed by atoms with van der Waals surface area (Å²) in [6.45, 7) is 3.17. The van der Waals surface area contributed by atoms with Gasteiger partial charge in [-0.25, -0.2) is 0 Å². The van der Waals surface area contributed by atoms with E-state index in [4.69, 9.17) is 23.2 Å². The molecule has 130 valence electrons. The highest BCUT2D eigenvalue weighted by Crippen LogP contribution is 2.48. The number of rotatable bonds is 3. The van der Waals surface area contributed by atoms with Gasteiger partial charge < -0.3 is 9.80 Å². The maximum absolute atomic E-state index is 12.8. The van der Waals surface area contributed by atoms with Gasteiger partial charge >= 0.3 is 0 Å². The summed E-state index contributed by atoms with van der Waals surface area (Å²) in [4.78, 5) is 17.0. The normalized spacial score (nSPS) is 22.8. The predicted molar refractivity (Wildman–Crippen MR) is 103 cm³/mol. The van der Waals surface area contributed by atoms with E-state index >= 15 is 0 Å². The Hall–Kier alpha value is -1.71. The molecule has 2 atom stereocenters. The van der Waals surface area contributed by atoms with E-state index in [1.54, 1.807) is 0 Å². The van der Waals surface area contributed by atoms with Gasteiger partial charge in [-0.05, 0) is 36.1 Å². The van der Waals surface area contributed by atoms with Gasteiger partial charge in [-0.2, -0.15) is 0 Å². The van der Waals surface area contributed by atoms with Gasteiger partial charge in [0, 0.05) is 37.8 Å². The van der Waals surface area contributed by atoms with Crippen LogP contribution in [-0.4, -0.2) is 37.0 Å². The van der Waals surface area contributed by atoms with Crippen LogP contribution in [0.3, 0.4) is 0 Å². The Morgan fingerprint density at radius 3 is 2.32 bits per heavy atom. The van der Waals surface area contributed by atoms with Crippen molar-refractivity contribution in [3.8, 4) is 0 Å². The number of piperazine rings is 1. The molecule has 2 aromatic rings. The van der Waals surface area contributed by atoms with Gasteiger partial charge in [-0.15, -0.1) is 0 Å². The average Bonchev–Trinajstić information content (AvgIpc) is 3.45. The second kappa shape index (κ2) is 6.89. The third kappa shape index (κ3) is 3.49. The third-order valence-electron chi connectivity index (χ3n) is 5.20. The Bertz CT molecular complexity index is 773. The van der Waals surface area contributed by atoms with Crippen LogP contribution < -0.4 is 4.90 Å². The molecule has 3 nitrogen and oxygen atoms in total. The van der Waals surface area contributed by atoms with Gasteiger partial charge in [0.1, 0.15) is 0 Å². The largest absolute Gasteiger partial charge is 0.368 e. The first-order valence-electron chi connectivity index (χ1n) is 8.67. The molecule has 0 unspecified atom stereocenters. The summed E-state index contributed by atoms with van der Waals surface area (Å²) in [6, 6.07) is 16.1. The predicted octanol–water partition coefficient (Wildman–Crippen LogP) is 4.45. The number of halogens is 2. The summed E-state index contributed by atoms with van der Waals surface area (Å²) in [5, 5.41) is 1.14. The van der Waals surface area contributed by atoms with E-state index in [-0.39, 0.29) is 5.92 Å². The molecule has 1 heterocycles. The van der Waals surface area contributed by atoms with E-state index in [2.05, 4.69) is 17.0 Å². The maximum atomic E-state index is 12.8. The van der Waals surface area contributed by atoms with Gasteiger partial charge in [-0.1, -0.05) is 53.5 Å². The number of amides is 1. The van der Waals surface area contributed by atoms with Crippen molar-refractivity contribution < 1.29 is 4.79 Å². The highest BCUT2D eigenvalue weighted by molar-refractivity contribution is 6.42. The van der Waals surface area contributed by atoms with Gasteiger partial charge in [0.15, 0.2) is 0 Å². The van der Waals surface area contributed by atoms with Gasteiger partial charge in [0.2, 0.25) is 5.91 Å². The Balaban J connectivity index is 1.34. The third-order valence-corrected chi connectivity index (χ3v) is 5.93. The fraction of sp³-hybridized carbons (Fsp3) is 0.350. The van der Waals surface area contributed by atoms with Crippen molar-refractivity contribution in [3.05, 3.63) is 64.1 Å². The van der Waals surface area contributed by atoms with Crippen LogP contribution in [-0.2, 0) is 4.79 Å². The summed E-state index contributed by atoms with van der Waals surface area (Å²) >= 11 is 12.1. The molecule has 0 aromatic heterocycles. The molecule has 5 heteroatoms. The smallest absolute Gasteiger partial charge is 0.226 e. The molecule has 1 saturated carbocycles. The van der Waals surface area contributed by atoms with Crippen LogP contribution in [0.4, 0.5) is 5.69 Å². The topological polar surface area (TPSA) is 23.6 Å². The molecule has 1 aliphatic carbocycles. The van der Waals surface area contributed by atoms with Gasteiger partial charge in [0.05, 0.1) is 10.0 Å². The van der Waals surface area contributed by atoms with E-state index in [0.717, 1.165) is 38.3 Å². The zero-order valence-corrected chi connectivity index (χ0v) is 15.4. The lowest BCUT2D eigenvalue weighted by atomic mass is 10.1. The van der Waals surface area contributed by atoms with Crippen molar-refractivity contribution in [3.63, 3.8) is 0 Å². The lowest BCUT2D eigenvalue weighted by Gasteiger charge is -2.36. The van der Waals surface area contributed by atoms with Crippen LogP contribution in [0.15, 0.2) is 48.5 Å². The van der Waals surface area contributed by atoms with E-state index < -0.39 is 0 Å². The molecule has 25 heavy (non-hydrogen) atoms. The Morgan fingerprint density at radius 2 is 1.64 bits per heavy atom. The monoisotopic (exact) mass is 374 g/mol. The molecule has 1 aliphatic heterocycles. The summed E-state index contributed by atoms with van der Waals surface area (Å²) < 4.78 is 0. The van der Waals surface area contributed by atoms with Crippen LogP contribution in [0.25, 0.3) is 0 Å².